The second-order valence-electron chi connectivity index (χ2n) is 8.49. The Bertz CT molecular complexity index is 1950. The van der Waals surface area contributed by atoms with Crippen LogP contribution in [0.1, 0.15) is 5.56 Å². The summed E-state index contributed by atoms with van der Waals surface area (Å²) in [5, 5.41) is 11.2. The molecule has 2 heterocycles. The van der Waals surface area contributed by atoms with Crippen molar-refractivity contribution >= 4 is 43.5 Å². The SMILES string of the molecule is COc1ccccc1Sc1c(O)c2c(=O)n(Cc3ccc(F)cc3)c3cc(S(C)(=O)=O)ccc3c2oc1=O. The summed E-state index contributed by atoms with van der Waals surface area (Å²) in [4.78, 5) is 27.1. The minimum absolute atomic E-state index is 0.0495. The summed E-state index contributed by atoms with van der Waals surface area (Å²) in [5.74, 6) is -0.572. The third-order valence-corrected chi connectivity index (χ3v) is 8.22. The molecule has 2 aromatic heterocycles. The van der Waals surface area contributed by atoms with Crippen LogP contribution in [0.2, 0.25) is 0 Å². The van der Waals surface area contributed by atoms with E-state index in [4.69, 9.17) is 9.15 Å². The van der Waals surface area contributed by atoms with E-state index in [9.17, 15) is 27.5 Å². The Labute approximate surface area is 219 Å². The second kappa shape index (κ2) is 9.66. The first-order chi connectivity index (χ1) is 18.1. The van der Waals surface area contributed by atoms with Crippen molar-refractivity contribution in [3.05, 3.63) is 98.9 Å². The number of pyridine rings is 1. The molecule has 5 rings (SSSR count). The van der Waals surface area contributed by atoms with Gasteiger partial charge in [-0.2, -0.15) is 0 Å². The number of para-hydroxylation sites is 1. The van der Waals surface area contributed by atoms with Gasteiger partial charge in [0.15, 0.2) is 21.2 Å². The monoisotopic (exact) mass is 553 g/mol. The Morgan fingerprint density at radius 1 is 1.05 bits per heavy atom. The van der Waals surface area contributed by atoms with E-state index in [-0.39, 0.29) is 38.2 Å². The number of sulfone groups is 1. The molecule has 0 amide bonds. The molecule has 0 aliphatic heterocycles. The van der Waals surface area contributed by atoms with Gasteiger partial charge in [-0.3, -0.25) is 4.79 Å². The van der Waals surface area contributed by atoms with Crippen LogP contribution in [0.5, 0.6) is 11.5 Å². The van der Waals surface area contributed by atoms with Crippen LogP contribution in [0, 0.1) is 5.82 Å². The number of benzene rings is 3. The molecule has 194 valence electrons. The summed E-state index contributed by atoms with van der Waals surface area (Å²) in [6, 6.07) is 16.4. The molecule has 0 fully saturated rings. The van der Waals surface area contributed by atoms with Gasteiger partial charge in [0, 0.05) is 11.6 Å². The number of aromatic hydroxyl groups is 1. The number of methoxy groups -OCH3 is 1. The zero-order valence-corrected chi connectivity index (χ0v) is 21.7. The van der Waals surface area contributed by atoms with Crippen LogP contribution in [-0.2, 0) is 16.4 Å². The highest BCUT2D eigenvalue weighted by Gasteiger charge is 2.24. The van der Waals surface area contributed by atoms with Crippen LogP contribution < -0.4 is 15.9 Å². The fraction of sp³-hybridized carbons (Fsp3) is 0.111. The van der Waals surface area contributed by atoms with E-state index >= 15 is 0 Å². The lowest BCUT2D eigenvalue weighted by Crippen LogP contribution is -2.23. The Morgan fingerprint density at radius 3 is 2.45 bits per heavy atom. The van der Waals surface area contributed by atoms with Gasteiger partial charge in [0.2, 0.25) is 0 Å². The predicted molar refractivity (Wildman–Crippen MR) is 142 cm³/mol. The minimum Gasteiger partial charge on any atom is -0.505 e. The average molecular weight is 554 g/mol. The minimum atomic E-state index is -3.64. The summed E-state index contributed by atoms with van der Waals surface area (Å²) >= 11 is 0.888. The van der Waals surface area contributed by atoms with Crippen molar-refractivity contribution in [3.63, 3.8) is 0 Å². The lowest BCUT2D eigenvalue weighted by molar-refractivity contribution is 0.404. The Hall–Kier alpha value is -4.09. The van der Waals surface area contributed by atoms with E-state index < -0.39 is 32.6 Å². The number of fused-ring (bicyclic) bond motifs is 3. The summed E-state index contributed by atoms with van der Waals surface area (Å²) in [6.07, 6.45) is 1.03. The topological polar surface area (TPSA) is 116 Å². The zero-order valence-electron chi connectivity index (χ0n) is 20.1. The first kappa shape index (κ1) is 25.6. The molecule has 0 radical (unpaired) electrons. The highest BCUT2D eigenvalue weighted by atomic mass is 32.2. The molecule has 5 aromatic rings. The Morgan fingerprint density at radius 2 is 1.76 bits per heavy atom. The van der Waals surface area contributed by atoms with Gasteiger partial charge in [-0.05, 0) is 48.0 Å². The van der Waals surface area contributed by atoms with Crippen molar-refractivity contribution in [2.24, 2.45) is 0 Å². The standard InChI is InChI=1S/C27H20FNO7S2/c1-35-20-5-3-4-6-21(20)37-25-23(30)22-24(36-27(25)32)18-12-11-17(38(2,33)34)13-19(18)29(26(22)31)14-15-7-9-16(28)10-8-15/h3-13,30H,14H2,1-2H3. The van der Waals surface area contributed by atoms with E-state index in [1.807, 2.05) is 0 Å². The molecule has 38 heavy (non-hydrogen) atoms. The van der Waals surface area contributed by atoms with Gasteiger partial charge in [-0.15, -0.1) is 0 Å². The third kappa shape index (κ3) is 4.54. The number of nitrogens with zero attached hydrogens (tertiary/aromatic N) is 1. The highest BCUT2D eigenvalue weighted by molar-refractivity contribution is 7.99. The molecule has 3 aromatic carbocycles. The first-order valence-corrected chi connectivity index (χ1v) is 13.9. The molecule has 0 spiro atoms. The second-order valence-corrected chi connectivity index (χ2v) is 11.6. The van der Waals surface area contributed by atoms with Crippen LogP contribution in [0.25, 0.3) is 21.9 Å². The van der Waals surface area contributed by atoms with Crippen molar-refractivity contribution in [2.75, 3.05) is 13.4 Å². The lowest BCUT2D eigenvalue weighted by atomic mass is 10.1. The van der Waals surface area contributed by atoms with E-state index in [2.05, 4.69) is 0 Å². The van der Waals surface area contributed by atoms with Crippen LogP contribution in [0.15, 0.2) is 95.4 Å². The molecule has 0 aliphatic rings. The molecule has 11 heteroatoms. The third-order valence-electron chi connectivity index (χ3n) is 5.99. The van der Waals surface area contributed by atoms with Crippen LogP contribution in [0.4, 0.5) is 4.39 Å². The van der Waals surface area contributed by atoms with Crippen molar-refractivity contribution in [3.8, 4) is 11.5 Å². The van der Waals surface area contributed by atoms with Crippen molar-refractivity contribution in [1.29, 1.82) is 0 Å². The number of hydrogen-bond donors (Lipinski definition) is 1. The molecule has 0 aliphatic carbocycles. The number of aromatic nitrogens is 1. The van der Waals surface area contributed by atoms with E-state index in [0.717, 1.165) is 18.0 Å². The molecule has 0 saturated carbocycles. The van der Waals surface area contributed by atoms with Crippen molar-refractivity contribution in [1.82, 2.24) is 4.57 Å². The van der Waals surface area contributed by atoms with Gasteiger partial charge < -0.3 is 18.8 Å². The average Bonchev–Trinajstić information content (AvgIpc) is 2.89. The fourth-order valence-corrected chi connectivity index (χ4v) is 5.71. The highest BCUT2D eigenvalue weighted by Crippen LogP contribution is 2.40. The Kier molecular flexibility index (Phi) is 6.49. The van der Waals surface area contributed by atoms with Gasteiger partial charge >= 0.3 is 5.63 Å². The number of rotatable bonds is 6. The van der Waals surface area contributed by atoms with E-state index in [1.54, 1.807) is 24.3 Å². The lowest BCUT2D eigenvalue weighted by Gasteiger charge is -2.15. The van der Waals surface area contributed by atoms with Crippen LogP contribution in [-0.4, -0.2) is 31.5 Å². The van der Waals surface area contributed by atoms with Crippen molar-refractivity contribution in [2.45, 2.75) is 21.2 Å². The summed E-state index contributed by atoms with van der Waals surface area (Å²) in [6.45, 7) is -0.0632. The number of halogens is 1. The van der Waals surface area contributed by atoms with Gasteiger partial charge in [0.25, 0.3) is 5.56 Å². The molecule has 0 atom stereocenters. The van der Waals surface area contributed by atoms with E-state index in [0.29, 0.717) is 16.2 Å². The predicted octanol–water partition coefficient (Wildman–Crippen LogP) is 4.56. The first-order valence-electron chi connectivity index (χ1n) is 11.2. The molecule has 8 nitrogen and oxygen atoms in total. The summed E-state index contributed by atoms with van der Waals surface area (Å²) < 4.78 is 50.2. The molecule has 0 unspecified atom stereocenters. The van der Waals surface area contributed by atoms with Gasteiger partial charge in [-0.1, -0.05) is 36.0 Å². The Balaban J connectivity index is 1.83. The smallest absolute Gasteiger partial charge is 0.354 e. The molecule has 0 saturated heterocycles. The normalized spacial score (nSPS) is 11.8. The molecular weight excluding hydrogens is 533 g/mol. The maximum absolute atomic E-state index is 13.8. The summed E-state index contributed by atoms with van der Waals surface area (Å²) in [7, 11) is -2.18. The molecule has 1 N–H and O–H groups in total. The number of hydrogen-bond acceptors (Lipinski definition) is 8. The van der Waals surface area contributed by atoms with Gasteiger partial charge in [0.05, 0.1) is 29.0 Å². The molecular formula is C27H20FNO7S2. The zero-order chi connectivity index (χ0) is 27.2. The van der Waals surface area contributed by atoms with Crippen LogP contribution >= 0.6 is 11.8 Å². The number of ether oxygens (including phenoxy) is 1. The molecule has 0 bridgehead atoms. The maximum Gasteiger partial charge on any atom is 0.354 e. The maximum atomic E-state index is 13.8. The van der Waals surface area contributed by atoms with Gasteiger partial charge in [-0.25, -0.2) is 17.6 Å². The van der Waals surface area contributed by atoms with E-state index in [1.165, 1.54) is 54.1 Å². The largest absolute Gasteiger partial charge is 0.505 e. The quantitative estimate of drug-likeness (QED) is 0.304. The summed E-state index contributed by atoms with van der Waals surface area (Å²) in [5.41, 5.74) is -1.05. The van der Waals surface area contributed by atoms with Crippen molar-refractivity contribution < 1.29 is 27.1 Å². The van der Waals surface area contributed by atoms with Gasteiger partial charge in [0.1, 0.15) is 21.8 Å². The van der Waals surface area contributed by atoms with Crippen LogP contribution in [0.3, 0.4) is 0 Å². The fourth-order valence-electron chi connectivity index (χ4n) is 4.13.